The van der Waals surface area contributed by atoms with Gasteiger partial charge in [-0.15, -0.1) is 0 Å². The Morgan fingerprint density at radius 1 is 1.73 bits per heavy atom. The smallest absolute Gasteiger partial charge is 0.303 e. The highest BCUT2D eigenvalue weighted by atomic mass is 16.4. The van der Waals surface area contributed by atoms with Gasteiger partial charge < -0.3 is 10.4 Å². The highest BCUT2D eigenvalue weighted by Gasteiger charge is 2.22. The summed E-state index contributed by atoms with van der Waals surface area (Å²) >= 11 is 0. The predicted molar refractivity (Wildman–Crippen MR) is 42.4 cm³/mol. The minimum Gasteiger partial charge on any atom is -0.481 e. The summed E-state index contributed by atoms with van der Waals surface area (Å²) < 4.78 is 0. The number of nitrogens with one attached hydrogen (secondary N) is 1. The standard InChI is InChI=1S/C8H15NO2/c1-6-2-3-9-5-7(6)4-8(10)11/h6-7,9H,2-5H2,1H3,(H,10,11)/t6-,7-/m1/s1. The minimum absolute atomic E-state index is 0.314. The Labute approximate surface area is 66.8 Å². The van der Waals surface area contributed by atoms with E-state index in [9.17, 15) is 4.79 Å². The van der Waals surface area contributed by atoms with Crippen LogP contribution in [0.25, 0.3) is 0 Å². The summed E-state index contributed by atoms with van der Waals surface area (Å²) in [6.45, 7) is 4.04. The zero-order valence-corrected chi connectivity index (χ0v) is 6.84. The molecule has 0 aromatic heterocycles. The number of hydrogen-bond donors (Lipinski definition) is 2. The molecule has 0 amide bonds. The van der Waals surface area contributed by atoms with Crippen LogP contribution >= 0.6 is 0 Å². The molecule has 2 N–H and O–H groups in total. The lowest BCUT2D eigenvalue weighted by Gasteiger charge is -2.28. The summed E-state index contributed by atoms with van der Waals surface area (Å²) in [6.07, 6.45) is 1.42. The molecule has 0 spiro atoms. The van der Waals surface area contributed by atoms with Crippen molar-refractivity contribution in [2.24, 2.45) is 11.8 Å². The van der Waals surface area contributed by atoms with Gasteiger partial charge in [-0.1, -0.05) is 6.92 Å². The number of carbonyl (C=O) groups is 1. The first kappa shape index (κ1) is 8.53. The molecule has 0 bridgehead atoms. The van der Waals surface area contributed by atoms with E-state index in [4.69, 9.17) is 5.11 Å². The van der Waals surface area contributed by atoms with Crippen molar-refractivity contribution in [3.63, 3.8) is 0 Å². The first-order valence-electron chi connectivity index (χ1n) is 4.12. The van der Waals surface area contributed by atoms with E-state index in [1.54, 1.807) is 0 Å². The molecule has 0 aromatic rings. The summed E-state index contributed by atoms with van der Waals surface area (Å²) in [4.78, 5) is 10.4. The van der Waals surface area contributed by atoms with Crippen LogP contribution in [0.4, 0.5) is 0 Å². The normalized spacial score (nSPS) is 31.7. The van der Waals surface area contributed by atoms with Crippen LogP contribution < -0.4 is 5.32 Å². The van der Waals surface area contributed by atoms with Crippen LogP contribution in [-0.4, -0.2) is 24.2 Å². The van der Waals surface area contributed by atoms with Crippen LogP contribution in [0, 0.1) is 11.8 Å². The maximum absolute atomic E-state index is 10.4. The largest absolute Gasteiger partial charge is 0.481 e. The summed E-state index contributed by atoms with van der Waals surface area (Å²) in [5.74, 6) is 0.221. The SMILES string of the molecule is C[C@@H]1CCNC[C@H]1CC(=O)O. The fourth-order valence-corrected chi connectivity index (χ4v) is 1.55. The van der Waals surface area contributed by atoms with Crippen molar-refractivity contribution in [3.8, 4) is 0 Å². The van der Waals surface area contributed by atoms with Gasteiger partial charge in [0.15, 0.2) is 0 Å². The summed E-state index contributed by atoms with van der Waals surface area (Å²) in [6, 6.07) is 0. The van der Waals surface area contributed by atoms with Gasteiger partial charge in [0.1, 0.15) is 0 Å². The lowest BCUT2D eigenvalue weighted by molar-refractivity contribution is -0.138. The van der Waals surface area contributed by atoms with Crippen LogP contribution in [0.3, 0.4) is 0 Å². The quantitative estimate of drug-likeness (QED) is 0.620. The average molecular weight is 157 g/mol. The van der Waals surface area contributed by atoms with Crippen molar-refractivity contribution >= 4 is 5.97 Å². The van der Waals surface area contributed by atoms with Crippen molar-refractivity contribution in [3.05, 3.63) is 0 Å². The third-order valence-corrected chi connectivity index (χ3v) is 2.42. The summed E-state index contributed by atoms with van der Waals surface area (Å²) in [7, 11) is 0. The van der Waals surface area contributed by atoms with Gasteiger partial charge in [-0.25, -0.2) is 0 Å². The fourth-order valence-electron chi connectivity index (χ4n) is 1.55. The maximum Gasteiger partial charge on any atom is 0.303 e. The Kier molecular flexibility index (Phi) is 2.88. The first-order chi connectivity index (χ1) is 5.20. The molecule has 1 fully saturated rings. The van der Waals surface area contributed by atoms with Gasteiger partial charge in [-0.3, -0.25) is 4.79 Å². The molecular formula is C8H15NO2. The fraction of sp³-hybridized carbons (Fsp3) is 0.875. The number of piperidine rings is 1. The van der Waals surface area contributed by atoms with Crippen molar-refractivity contribution in [2.45, 2.75) is 19.8 Å². The predicted octanol–water partition coefficient (Wildman–Crippen LogP) is 0.707. The van der Waals surface area contributed by atoms with Crippen molar-refractivity contribution in [1.29, 1.82) is 0 Å². The molecule has 0 unspecified atom stereocenters. The van der Waals surface area contributed by atoms with Crippen LogP contribution in [-0.2, 0) is 4.79 Å². The maximum atomic E-state index is 10.4. The molecule has 11 heavy (non-hydrogen) atoms. The van der Waals surface area contributed by atoms with E-state index in [0.717, 1.165) is 19.5 Å². The van der Waals surface area contributed by atoms with Crippen LogP contribution in [0.1, 0.15) is 19.8 Å². The Morgan fingerprint density at radius 2 is 2.45 bits per heavy atom. The third-order valence-electron chi connectivity index (χ3n) is 2.42. The molecule has 0 radical (unpaired) electrons. The Bertz CT molecular complexity index is 147. The molecule has 3 heteroatoms. The first-order valence-corrected chi connectivity index (χ1v) is 4.12. The van der Waals surface area contributed by atoms with Crippen molar-refractivity contribution in [1.82, 2.24) is 5.32 Å². The van der Waals surface area contributed by atoms with E-state index in [0.29, 0.717) is 18.3 Å². The average Bonchev–Trinajstić information content (AvgIpc) is 1.93. The summed E-state index contributed by atoms with van der Waals surface area (Å²) in [5, 5.41) is 11.8. The Hall–Kier alpha value is -0.570. The number of carboxylic acid groups (broad SMARTS) is 1. The van der Waals surface area contributed by atoms with Gasteiger partial charge >= 0.3 is 5.97 Å². The molecule has 1 aliphatic rings. The van der Waals surface area contributed by atoms with Gasteiger partial charge in [0, 0.05) is 6.42 Å². The molecule has 64 valence electrons. The van der Waals surface area contributed by atoms with Gasteiger partial charge in [0.2, 0.25) is 0 Å². The lowest BCUT2D eigenvalue weighted by Crippen LogP contribution is -2.36. The zero-order chi connectivity index (χ0) is 8.27. The second-order valence-corrected chi connectivity index (χ2v) is 3.33. The number of aliphatic carboxylic acids is 1. The van der Waals surface area contributed by atoms with Crippen molar-refractivity contribution in [2.75, 3.05) is 13.1 Å². The molecule has 1 rings (SSSR count). The van der Waals surface area contributed by atoms with E-state index in [2.05, 4.69) is 12.2 Å². The van der Waals surface area contributed by atoms with E-state index in [-0.39, 0.29) is 0 Å². The molecular weight excluding hydrogens is 142 g/mol. The van der Waals surface area contributed by atoms with Crippen LogP contribution in [0.5, 0.6) is 0 Å². The number of hydrogen-bond acceptors (Lipinski definition) is 2. The molecule has 1 saturated heterocycles. The Morgan fingerprint density at radius 3 is 3.00 bits per heavy atom. The minimum atomic E-state index is -0.675. The molecule has 3 nitrogen and oxygen atoms in total. The summed E-state index contributed by atoms with van der Waals surface area (Å²) in [5.41, 5.74) is 0. The third kappa shape index (κ3) is 2.50. The van der Waals surface area contributed by atoms with E-state index < -0.39 is 5.97 Å². The zero-order valence-electron chi connectivity index (χ0n) is 6.84. The van der Waals surface area contributed by atoms with Gasteiger partial charge in [-0.05, 0) is 31.3 Å². The number of carboxylic acids is 1. The second-order valence-electron chi connectivity index (χ2n) is 3.33. The van der Waals surface area contributed by atoms with Crippen LogP contribution in [0.2, 0.25) is 0 Å². The molecule has 0 aliphatic carbocycles. The van der Waals surface area contributed by atoms with E-state index in [1.807, 2.05) is 0 Å². The molecule has 0 saturated carbocycles. The number of rotatable bonds is 2. The Balaban J connectivity index is 2.35. The molecule has 0 aromatic carbocycles. The monoisotopic (exact) mass is 157 g/mol. The highest BCUT2D eigenvalue weighted by molar-refractivity contribution is 5.67. The second kappa shape index (κ2) is 3.72. The molecule has 1 aliphatic heterocycles. The van der Waals surface area contributed by atoms with Crippen molar-refractivity contribution < 1.29 is 9.90 Å². The van der Waals surface area contributed by atoms with Gasteiger partial charge in [0.25, 0.3) is 0 Å². The molecule has 2 atom stereocenters. The topological polar surface area (TPSA) is 49.3 Å². The van der Waals surface area contributed by atoms with Gasteiger partial charge in [0.05, 0.1) is 0 Å². The van der Waals surface area contributed by atoms with E-state index >= 15 is 0 Å². The highest BCUT2D eigenvalue weighted by Crippen LogP contribution is 2.20. The lowest BCUT2D eigenvalue weighted by atomic mass is 9.86. The van der Waals surface area contributed by atoms with E-state index in [1.165, 1.54) is 0 Å². The molecule has 1 heterocycles. The van der Waals surface area contributed by atoms with Crippen LogP contribution in [0.15, 0.2) is 0 Å². The van der Waals surface area contributed by atoms with Gasteiger partial charge in [-0.2, -0.15) is 0 Å².